The number of likely N-dealkylation sites (N-methyl/N-ethyl adjacent to an activating group) is 1. The Labute approximate surface area is 98.3 Å². The van der Waals surface area contributed by atoms with Gasteiger partial charge in [-0.15, -0.1) is 0 Å². The van der Waals surface area contributed by atoms with Crippen molar-refractivity contribution >= 4 is 0 Å². The van der Waals surface area contributed by atoms with Gasteiger partial charge in [-0.2, -0.15) is 0 Å². The van der Waals surface area contributed by atoms with Gasteiger partial charge in [-0.3, -0.25) is 0 Å². The van der Waals surface area contributed by atoms with Crippen molar-refractivity contribution < 1.29 is 4.74 Å². The molecule has 0 aliphatic carbocycles. The van der Waals surface area contributed by atoms with Crippen LogP contribution in [0.3, 0.4) is 0 Å². The van der Waals surface area contributed by atoms with E-state index in [2.05, 4.69) is 44.8 Å². The maximum Gasteiger partial charge on any atom is 0.122 e. The van der Waals surface area contributed by atoms with Crippen LogP contribution in [-0.4, -0.2) is 19.7 Å². The van der Waals surface area contributed by atoms with Crippen LogP contribution in [-0.2, 0) is 0 Å². The van der Waals surface area contributed by atoms with Crippen molar-refractivity contribution in [3.05, 3.63) is 41.5 Å². The van der Waals surface area contributed by atoms with Gasteiger partial charge in [0.1, 0.15) is 12.4 Å². The molecule has 0 aliphatic rings. The molecule has 1 aromatic carbocycles. The van der Waals surface area contributed by atoms with Crippen LogP contribution in [0.5, 0.6) is 5.75 Å². The Morgan fingerprint density at radius 1 is 1.38 bits per heavy atom. The second-order valence-electron chi connectivity index (χ2n) is 4.09. The van der Waals surface area contributed by atoms with E-state index in [-0.39, 0.29) is 0 Å². The van der Waals surface area contributed by atoms with Crippen molar-refractivity contribution in [2.45, 2.75) is 20.8 Å². The van der Waals surface area contributed by atoms with Crippen molar-refractivity contribution in [3.63, 3.8) is 0 Å². The third kappa shape index (κ3) is 4.07. The van der Waals surface area contributed by atoms with Crippen LogP contribution >= 0.6 is 0 Å². The minimum absolute atomic E-state index is 0.580. The van der Waals surface area contributed by atoms with Crippen molar-refractivity contribution in [3.8, 4) is 5.75 Å². The number of nitrogens with one attached hydrogen (secondary N) is 1. The molecule has 0 unspecified atom stereocenters. The zero-order valence-corrected chi connectivity index (χ0v) is 10.5. The normalized spacial score (nSPS) is 10.2. The van der Waals surface area contributed by atoms with Crippen LogP contribution in [0.4, 0.5) is 0 Å². The highest BCUT2D eigenvalue weighted by atomic mass is 16.5. The lowest BCUT2D eigenvalue weighted by Crippen LogP contribution is -2.18. The van der Waals surface area contributed by atoms with Gasteiger partial charge >= 0.3 is 0 Å². The molecule has 0 fully saturated rings. The molecule has 0 aromatic heterocycles. The fraction of sp³-hybridized carbons (Fsp3) is 0.429. The molecule has 0 amide bonds. The molecule has 0 radical (unpaired) electrons. The maximum atomic E-state index is 5.71. The summed E-state index contributed by atoms with van der Waals surface area (Å²) in [5.41, 5.74) is 3.51. The number of ether oxygens (including phenoxy) is 1. The number of rotatable bonds is 6. The molecule has 0 bridgehead atoms. The zero-order chi connectivity index (χ0) is 12.0. The van der Waals surface area contributed by atoms with E-state index in [4.69, 9.17) is 4.74 Å². The fourth-order valence-corrected chi connectivity index (χ4v) is 1.49. The smallest absolute Gasteiger partial charge is 0.122 e. The van der Waals surface area contributed by atoms with Crippen molar-refractivity contribution in [2.24, 2.45) is 0 Å². The Bertz CT molecular complexity index is 358. The molecule has 0 saturated carbocycles. The number of hydrogen-bond acceptors (Lipinski definition) is 2. The topological polar surface area (TPSA) is 21.3 Å². The first-order valence-corrected chi connectivity index (χ1v) is 5.71. The lowest BCUT2D eigenvalue weighted by atomic mass is 10.1. The first kappa shape index (κ1) is 12.8. The third-order valence-electron chi connectivity index (χ3n) is 2.39. The summed E-state index contributed by atoms with van der Waals surface area (Å²) in [5, 5.41) is 3.23. The van der Waals surface area contributed by atoms with Crippen LogP contribution in [0.1, 0.15) is 18.1 Å². The zero-order valence-electron chi connectivity index (χ0n) is 10.5. The molecule has 0 aliphatic heterocycles. The predicted molar refractivity (Wildman–Crippen MR) is 69.1 cm³/mol. The first-order valence-electron chi connectivity index (χ1n) is 5.71. The Kier molecular flexibility index (Phi) is 5.06. The fourth-order valence-electron chi connectivity index (χ4n) is 1.49. The monoisotopic (exact) mass is 219 g/mol. The molecule has 2 heteroatoms. The molecule has 2 nitrogen and oxygen atoms in total. The van der Waals surface area contributed by atoms with Crippen molar-refractivity contribution in [1.29, 1.82) is 0 Å². The predicted octanol–water partition coefficient (Wildman–Crippen LogP) is 2.85. The Hall–Kier alpha value is -1.28. The van der Waals surface area contributed by atoms with E-state index < -0.39 is 0 Å². The Morgan fingerprint density at radius 2 is 2.12 bits per heavy atom. The van der Waals surface area contributed by atoms with Gasteiger partial charge in [-0.05, 0) is 37.6 Å². The van der Waals surface area contributed by atoms with E-state index in [1.165, 1.54) is 11.1 Å². The summed E-state index contributed by atoms with van der Waals surface area (Å²) >= 11 is 0. The number of aryl methyl sites for hydroxylation is 2. The summed E-state index contributed by atoms with van der Waals surface area (Å²) in [6, 6.07) is 6.21. The minimum atomic E-state index is 0.580. The Morgan fingerprint density at radius 3 is 2.75 bits per heavy atom. The maximum absolute atomic E-state index is 5.71. The molecule has 1 N–H and O–H groups in total. The van der Waals surface area contributed by atoms with E-state index >= 15 is 0 Å². The van der Waals surface area contributed by atoms with E-state index in [0.717, 1.165) is 24.4 Å². The first-order chi connectivity index (χ1) is 7.63. The largest absolute Gasteiger partial charge is 0.489 e. The van der Waals surface area contributed by atoms with Gasteiger partial charge in [0, 0.05) is 6.54 Å². The summed E-state index contributed by atoms with van der Waals surface area (Å²) < 4.78 is 5.71. The van der Waals surface area contributed by atoms with Crippen molar-refractivity contribution in [1.82, 2.24) is 5.32 Å². The van der Waals surface area contributed by atoms with Gasteiger partial charge in [-0.25, -0.2) is 0 Å². The summed E-state index contributed by atoms with van der Waals surface area (Å²) in [5.74, 6) is 0.947. The van der Waals surface area contributed by atoms with E-state index in [1.807, 2.05) is 6.07 Å². The molecule has 0 atom stereocenters. The van der Waals surface area contributed by atoms with E-state index in [1.54, 1.807) is 0 Å². The highest BCUT2D eigenvalue weighted by Crippen LogP contribution is 2.18. The molecule has 0 saturated heterocycles. The Balaban J connectivity index is 2.45. The number of hydrogen-bond donors (Lipinski definition) is 1. The van der Waals surface area contributed by atoms with E-state index in [0.29, 0.717) is 6.61 Å². The lowest BCUT2D eigenvalue weighted by molar-refractivity contribution is 0.346. The summed E-state index contributed by atoms with van der Waals surface area (Å²) in [6.45, 7) is 12.6. The quantitative estimate of drug-likeness (QED) is 0.743. The van der Waals surface area contributed by atoms with Gasteiger partial charge in [0.2, 0.25) is 0 Å². The van der Waals surface area contributed by atoms with Crippen molar-refractivity contribution in [2.75, 3.05) is 19.7 Å². The minimum Gasteiger partial charge on any atom is -0.489 e. The molecule has 0 heterocycles. The highest BCUT2D eigenvalue weighted by molar-refractivity contribution is 5.35. The standard InChI is InChI=1S/C14H21NO/c1-5-15-9-12(3)10-16-14-7-6-11(2)8-13(14)4/h6-8,15H,3,5,9-10H2,1-2,4H3. The van der Waals surface area contributed by atoms with Gasteiger partial charge in [0.25, 0.3) is 0 Å². The second-order valence-corrected chi connectivity index (χ2v) is 4.09. The average Bonchev–Trinajstić information content (AvgIpc) is 2.25. The molecule has 1 rings (SSSR count). The van der Waals surface area contributed by atoms with Gasteiger partial charge in [0.05, 0.1) is 0 Å². The molecule has 0 spiro atoms. The summed E-state index contributed by atoms with van der Waals surface area (Å²) in [7, 11) is 0. The van der Waals surface area contributed by atoms with E-state index in [9.17, 15) is 0 Å². The van der Waals surface area contributed by atoms with Crippen LogP contribution in [0, 0.1) is 13.8 Å². The average molecular weight is 219 g/mol. The van der Waals surface area contributed by atoms with Crippen LogP contribution < -0.4 is 10.1 Å². The third-order valence-corrected chi connectivity index (χ3v) is 2.39. The molecular weight excluding hydrogens is 198 g/mol. The molecule has 16 heavy (non-hydrogen) atoms. The number of benzene rings is 1. The van der Waals surface area contributed by atoms with Crippen LogP contribution in [0.15, 0.2) is 30.4 Å². The van der Waals surface area contributed by atoms with Crippen LogP contribution in [0.2, 0.25) is 0 Å². The summed E-state index contributed by atoms with van der Waals surface area (Å²) in [4.78, 5) is 0. The van der Waals surface area contributed by atoms with Gasteiger partial charge in [0.15, 0.2) is 0 Å². The molecule has 1 aromatic rings. The van der Waals surface area contributed by atoms with Gasteiger partial charge in [-0.1, -0.05) is 31.2 Å². The van der Waals surface area contributed by atoms with Crippen LogP contribution in [0.25, 0.3) is 0 Å². The highest BCUT2D eigenvalue weighted by Gasteiger charge is 2.00. The van der Waals surface area contributed by atoms with Gasteiger partial charge < -0.3 is 10.1 Å². The second kappa shape index (κ2) is 6.33. The molecular formula is C14H21NO. The SMILES string of the molecule is C=C(CNCC)COc1ccc(C)cc1C. The summed E-state index contributed by atoms with van der Waals surface area (Å²) in [6.07, 6.45) is 0. The molecule has 88 valence electrons. The lowest BCUT2D eigenvalue weighted by Gasteiger charge is -2.11.